The zero-order valence-corrected chi connectivity index (χ0v) is 15.5. The lowest BCUT2D eigenvalue weighted by molar-refractivity contribution is -0.137. The third-order valence-electron chi connectivity index (χ3n) is 3.66. The number of nitrogens with two attached hydrogens (primary N) is 1. The predicted octanol–water partition coefficient (Wildman–Crippen LogP) is 4.51. The molecule has 0 saturated carbocycles. The van der Waals surface area contributed by atoms with Gasteiger partial charge in [-0.15, -0.1) is 0 Å². The van der Waals surface area contributed by atoms with Gasteiger partial charge < -0.3 is 0 Å². The van der Waals surface area contributed by atoms with Gasteiger partial charge in [0.1, 0.15) is 4.90 Å². The second-order valence-electron chi connectivity index (χ2n) is 5.49. The molecule has 0 aliphatic rings. The Kier molecular flexibility index (Phi) is 4.98. The lowest BCUT2D eigenvalue weighted by Gasteiger charge is -2.18. The molecule has 142 valence electrons. The second-order valence-corrected chi connectivity index (χ2v) is 7.86. The summed E-state index contributed by atoms with van der Waals surface area (Å²) in [6.45, 7) is 0. The van der Waals surface area contributed by atoms with Crippen molar-refractivity contribution in [1.82, 2.24) is 9.78 Å². The molecule has 0 amide bonds. The minimum Gasteiger partial charge on any atom is -0.239 e. The van der Waals surface area contributed by atoms with Crippen LogP contribution in [0.25, 0.3) is 16.8 Å². The second kappa shape index (κ2) is 6.83. The van der Waals surface area contributed by atoms with Gasteiger partial charge in [0.2, 0.25) is 10.0 Å². The molecule has 3 rings (SSSR count). The van der Waals surface area contributed by atoms with Gasteiger partial charge in [0.05, 0.1) is 11.3 Å². The molecule has 0 radical (unpaired) electrons. The topological polar surface area (TPSA) is 78.0 Å². The highest BCUT2D eigenvalue weighted by molar-refractivity contribution is 7.89. The van der Waals surface area contributed by atoms with E-state index >= 15 is 0 Å². The van der Waals surface area contributed by atoms with Crippen LogP contribution in [0.2, 0.25) is 10.0 Å². The minimum atomic E-state index is -4.89. The number of rotatable bonds is 3. The molecule has 0 aliphatic heterocycles. The number of sulfonamides is 1. The SMILES string of the molecule is NS(=O)(=O)c1cc(-c2cc(Cl)ccc2Cl)cc(C(F)(F)F)c1-n1cccn1. The van der Waals surface area contributed by atoms with Crippen LogP contribution in [-0.2, 0) is 16.2 Å². The molecule has 0 saturated heterocycles. The molecule has 1 heterocycles. The van der Waals surface area contributed by atoms with Gasteiger partial charge in [-0.25, -0.2) is 18.2 Å². The van der Waals surface area contributed by atoms with Crippen LogP contribution < -0.4 is 5.14 Å². The monoisotopic (exact) mass is 435 g/mol. The van der Waals surface area contributed by atoms with Crippen LogP contribution in [0.1, 0.15) is 5.56 Å². The first-order valence-electron chi connectivity index (χ1n) is 7.22. The number of nitrogens with zero attached hydrogens (tertiary/aromatic N) is 2. The van der Waals surface area contributed by atoms with Crippen molar-refractivity contribution in [2.45, 2.75) is 11.1 Å². The summed E-state index contributed by atoms with van der Waals surface area (Å²) in [6.07, 6.45) is -2.48. The Morgan fingerprint density at radius 3 is 2.37 bits per heavy atom. The van der Waals surface area contributed by atoms with Gasteiger partial charge >= 0.3 is 6.18 Å². The van der Waals surface area contributed by atoms with Crippen LogP contribution in [-0.4, -0.2) is 18.2 Å². The van der Waals surface area contributed by atoms with Gasteiger partial charge in [-0.05, 0) is 42.0 Å². The number of benzene rings is 2. The van der Waals surface area contributed by atoms with Gasteiger partial charge in [-0.3, -0.25) is 0 Å². The first kappa shape index (κ1) is 19.7. The fourth-order valence-electron chi connectivity index (χ4n) is 2.55. The lowest BCUT2D eigenvalue weighted by atomic mass is 10.0. The van der Waals surface area contributed by atoms with Crippen molar-refractivity contribution in [2.24, 2.45) is 5.14 Å². The summed E-state index contributed by atoms with van der Waals surface area (Å²) < 4.78 is 66.2. The Morgan fingerprint density at radius 2 is 1.81 bits per heavy atom. The van der Waals surface area contributed by atoms with E-state index in [1.807, 2.05) is 0 Å². The summed E-state index contributed by atoms with van der Waals surface area (Å²) >= 11 is 12.0. The first-order valence-corrected chi connectivity index (χ1v) is 9.52. The third-order valence-corrected chi connectivity index (χ3v) is 5.15. The maximum atomic E-state index is 13.7. The Hall–Kier alpha value is -2.07. The maximum absolute atomic E-state index is 13.7. The summed E-state index contributed by atoms with van der Waals surface area (Å²) in [5.74, 6) is 0. The van der Waals surface area contributed by atoms with Gasteiger partial charge in [0.25, 0.3) is 0 Å². The van der Waals surface area contributed by atoms with Crippen LogP contribution in [0.3, 0.4) is 0 Å². The van der Waals surface area contributed by atoms with E-state index in [1.54, 1.807) is 0 Å². The van der Waals surface area contributed by atoms with E-state index in [4.69, 9.17) is 28.3 Å². The molecule has 0 atom stereocenters. The van der Waals surface area contributed by atoms with Crippen molar-refractivity contribution in [3.8, 4) is 16.8 Å². The minimum absolute atomic E-state index is 0.0970. The van der Waals surface area contributed by atoms with E-state index in [1.165, 1.54) is 36.7 Å². The highest BCUT2D eigenvalue weighted by Gasteiger charge is 2.38. The summed E-state index contributed by atoms with van der Waals surface area (Å²) in [7, 11) is -4.53. The average Bonchev–Trinajstić information content (AvgIpc) is 3.08. The standard InChI is InChI=1S/C16H10Cl2F3N3O2S/c17-10-2-3-13(18)11(8-10)9-6-12(16(19,20)21)15(24-5-1-4-23-24)14(7-9)27(22,25)26/h1-8H,(H2,22,25,26). The van der Waals surface area contributed by atoms with Gasteiger partial charge in [-0.1, -0.05) is 23.2 Å². The van der Waals surface area contributed by atoms with E-state index in [-0.39, 0.29) is 21.2 Å². The molecular weight excluding hydrogens is 426 g/mol. The van der Waals surface area contributed by atoms with Crippen LogP contribution in [0.15, 0.2) is 53.7 Å². The zero-order valence-electron chi connectivity index (χ0n) is 13.2. The summed E-state index contributed by atoms with van der Waals surface area (Å²) in [5.41, 5.74) is -1.90. The van der Waals surface area contributed by atoms with Gasteiger partial charge in [-0.2, -0.15) is 18.3 Å². The number of aromatic nitrogens is 2. The normalized spacial score (nSPS) is 12.4. The summed E-state index contributed by atoms with van der Waals surface area (Å²) in [6, 6.07) is 7.33. The van der Waals surface area contributed by atoms with Crippen molar-refractivity contribution in [1.29, 1.82) is 0 Å². The number of hydrogen-bond donors (Lipinski definition) is 1. The molecule has 0 unspecified atom stereocenters. The largest absolute Gasteiger partial charge is 0.418 e. The quantitative estimate of drug-likeness (QED) is 0.656. The molecule has 0 spiro atoms. The highest BCUT2D eigenvalue weighted by atomic mass is 35.5. The first-order chi connectivity index (χ1) is 12.5. The Balaban J connectivity index is 2.45. The van der Waals surface area contributed by atoms with E-state index < -0.39 is 32.3 Å². The van der Waals surface area contributed by atoms with Crippen molar-refractivity contribution in [3.05, 3.63) is 64.4 Å². The number of hydrogen-bond acceptors (Lipinski definition) is 3. The fourth-order valence-corrected chi connectivity index (χ4v) is 3.72. The molecule has 27 heavy (non-hydrogen) atoms. The van der Waals surface area contributed by atoms with Crippen molar-refractivity contribution < 1.29 is 21.6 Å². The van der Waals surface area contributed by atoms with Gasteiger partial charge in [0.15, 0.2) is 0 Å². The molecule has 2 aromatic carbocycles. The molecule has 3 aromatic rings. The van der Waals surface area contributed by atoms with Crippen molar-refractivity contribution >= 4 is 33.2 Å². The van der Waals surface area contributed by atoms with E-state index in [0.29, 0.717) is 0 Å². The summed E-state index contributed by atoms with van der Waals surface area (Å²) in [5, 5.41) is 9.23. The van der Waals surface area contributed by atoms with E-state index in [0.717, 1.165) is 16.8 Å². The van der Waals surface area contributed by atoms with Crippen molar-refractivity contribution in [3.63, 3.8) is 0 Å². The van der Waals surface area contributed by atoms with Crippen LogP contribution >= 0.6 is 23.2 Å². The van der Waals surface area contributed by atoms with Gasteiger partial charge in [0, 0.05) is 28.0 Å². The smallest absolute Gasteiger partial charge is 0.239 e. The maximum Gasteiger partial charge on any atom is 0.418 e. The van der Waals surface area contributed by atoms with E-state index in [9.17, 15) is 21.6 Å². The zero-order chi connectivity index (χ0) is 20.0. The molecule has 2 N–H and O–H groups in total. The Labute approximate surface area is 162 Å². The molecule has 11 heteroatoms. The van der Waals surface area contributed by atoms with Crippen LogP contribution in [0.4, 0.5) is 13.2 Å². The third kappa shape index (κ3) is 3.96. The average molecular weight is 436 g/mol. The molecule has 0 bridgehead atoms. The number of alkyl halides is 3. The van der Waals surface area contributed by atoms with Crippen LogP contribution in [0, 0.1) is 0 Å². The highest BCUT2D eigenvalue weighted by Crippen LogP contribution is 2.41. The fraction of sp³-hybridized carbons (Fsp3) is 0.0625. The Morgan fingerprint density at radius 1 is 1.11 bits per heavy atom. The summed E-state index contributed by atoms with van der Waals surface area (Å²) in [4.78, 5) is -0.743. The number of halogens is 5. The molecule has 1 aromatic heterocycles. The van der Waals surface area contributed by atoms with E-state index in [2.05, 4.69) is 5.10 Å². The molecule has 0 fully saturated rings. The molecule has 5 nitrogen and oxygen atoms in total. The molecule has 0 aliphatic carbocycles. The molecular formula is C16H10Cl2F3N3O2S. The number of primary sulfonamides is 1. The van der Waals surface area contributed by atoms with Crippen molar-refractivity contribution in [2.75, 3.05) is 0 Å². The predicted molar refractivity (Wildman–Crippen MR) is 95.4 cm³/mol. The Bertz CT molecular complexity index is 1110. The lowest BCUT2D eigenvalue weighted by Crippen LogP contribution is -2.20. The van der Waals surface area contributed by atoms with Crippen LogP contribution in [0.5, 0.6) is 0 Å².